The zero-order valence-electron chi connectivity index (χ0n) is 11.2. The van der Waals surface area contributed by atoms with E-state index in [9.17, 15) is 4.79 Å². The third-order valence-corrected chi connectivity index (χ3v) is 4.57. The number of amides is 1. The molecule has 0 unspecified atom stereocenters. The molecule has 1 fully saturated rings. The lowest BCUT2D eigenvalue weighted by atomic mass is 10.3. The van der Waals surface area contributed by atoms with Gasteiger partial charge in [-0.15, -0.1) is 0 Å². The van der Waals surface area contributed by atoms with Crippen molar-refractivity contribution in [3.8, 4) is 0 Å². The number of hydrogen-bond donors (Lipinski definition) is 1. The van der Waals surface area contributed by atoms with Crippen LogP contribution in [0, 0.1) is 0 Å². The minimum Gasteiger partial charge on any atom is -0.351 e. The molecule has 1 aliphatic rings. The first-order valence-electron chi connectivity index (χ1n) is 6.29. The Kier molecular flexibility index (Phi) is 3.98. The number of benzene rings is 1. The average molecular weight is 362 g/mol. The third-order valence-electron chi connectivity index (χ3n) is 2.99. The Bertz CT molecular complexity index is 764. The van der Waals surface area contributed by atoms with E-state index >= 15 is 0 Å². The zero-order chi connectivity index (χ0) is 14.8. The van der Waals surface area contributed by atoms with E-state index in [1.807, 2.05) is 60.3 Å². The van der Waals surface area contributed by atoms with Crippen molar-refractivity contribution in [2.45, 2.75) is 0 Å². The number of carbonyl (C=O) groups excluding carboxylic acids is 1. The van der Waals surface area contributed by atoms with Gasteiger partial charge < -0.3 is 9.88 Å². The van der Waals surface area contributed by atoms with Gasteiger partial charge in [-0.2, -0.15) is 0 Å². The lowest BCUT2D eigenvalue weighted by molar-refractivity contribution is -0.115. The smallest absolute Gasteiger partial charge is 0.264 e. The Morgan fingerprint density at radius 1 is 1.29 bits per heavy atom. The molecule has 0 spiro atoms. The van der Waals surface area contributed by atoms with Gasteiger partial charge in [-0.25, -0.2) is 4.99 Å². The molecular weight excluding hydrogens is 350 g/mol. The SMILES string of the molecule is Cn1cccc1/C=C1/SC(=Nc2ccccc2Br)NC1=O. The van der Waals surface area contributed by atoms with Crippen LogP contribution in [0.5, 0.6) is 0 Å². The van der Waals surface area contributed by atoms with E-state index < -0.39 is 0 Å². The maximum absolute atomic E-state index is 12.0. The van der Waals surface area contributed by atoms with E-state index in [0.717, 1.165) is 15.9 Å². The Morgan fingerprint density at radius 3 is 2.81 bits per heavy atom. The van der Waals surface area contributed by atoms with Crippen LogP contribution in [0.25, 0.3) is 6.08 Å². The van der Waals surface area contributed by atoms with E-state index in [4.69, 9.17) is 0 Å². The molecule has 1 aromatic carbocycles. The highest BCUT2D eigenvalue weighted by Crippen LogP contribution is 2.30. The number of aromatic nitrogens is 1. The predicted octanol–water partition coefficient (Wildman–Crippen LogP) is 3.68. The van der Waals surface area contributed by atoms with E-state index in [0.29, 0.717) is 10.1 Å². The van der Waals surface area contributed by atoms with E-state index in [1.165, 1.54) is 11.8 Å². The molecule has 0 saturated carbocycles. The van der Waals surface area contributed by atoms with Crippen LogP contribution >= 0.6 is 27.7 Å². The fourth-order valence-corrected chi connectivity index (χ4v) is 3.08. The quantitative estimate of drug-likeness (QED) is 0.829. The molecule has 0 radical (unpaired) electrons. The van der Waals surface area contributed by atoms with Gasteiger partial charge in [0.05, 0.1) is 10.6 Å². The molecule has 0 atom stereocenters. The molecule has 4 nitrogen and oxygen atoms in total. The summed E-state index contributed by atoms with van der Waals surface area (Å²) in [6, 6.07) is 11.6. The molecule has 0 bridgehead atoms. The number of halogens is 1. The van der Waals surface area contributed by atoms with Crippen molar-refractivity contribution in [1.82, 2.24) is 9.88 Å². The summed E-state index contributed by atoms with van der Waals surface area (Å²) in [5, 5.41) is 3.38. The van der Waals surface area contributed by atoms with Gasteiger partial charge in [-0.3, -0.25) is 4.79 Å². The first-order chi connectivity index (χ1) is 10.1. The Morgan fingerprint density at radius 2 is 2.10 bits per heavy atom. The highest BCUT2D eigenvalue weighted by molar-refractivity contribution is 9.10. The van der Waals surface area contributed by atoms with E-state index in [1.54, 1.807) is 0 Å². The number of aryl methyl sites for hydroxylation is 1. The van der Waals surface area contributed by atoms with Crippen LogP contribution in [0.4, 0.5) is 5.69 Å². The van der Waals surface area contributed by atoms with Gasteiger partial charge in [0.15, 0.2) is 5.17 Å². The van der Waals surface area contributed by atoms with Crippen molar-refractivity contribution in [1.29, 1.82) is 0 Å². The van der Waals surface area contributed by atoms with Crippen molar-refractivity contribution < 1.29 is 4.79 Å². The average Bonchev–Trinajstić information content (AvgIpc) is 3.00. The van der Waals surface area contributed by atoms with E-state index in [-0.39, 0.29) is 5.91 Å². The number of carbonyl (C=O) groups is 1. The second kappa shape index (κ2) is 5.91. The number of thioether (sulfide) groups is 1. The summed E-state index contributed by atoms with van der Waals surface area (Å²) >= 11 is 4.79. The molecule has 1 amide bonds. The number of nitrogens with zero attached hydrogens (tertiary/aromatic N) is 2. The van der Waals surface area contributed by atoms with Crippen LogP contribution in [0.2, 0.25) is 0 Å². The molecule has 1 saturated heterocycles. The molecule has 1 aliphatic heterocycles. The largest absolute Gasteiger partial charge is 0.351 e. The summed E-state index contributed by atoms with van der Waals surface area (Å²) in [6.45, 7) is 0. The molecule has 2 heterocycles. The van der Waals surface area contributed by atoms with Crippen LogP contribution < -0.4 is 5.32 Å². The minimum absolute atomic E-state index is 0.119. The number of hydrogen-bond acceptors (Lipinski definition) is 3. The van der Waals surface area contributed by atoms with Gasteiger partial charge in [0.2, 0.25) is 0 Å². The van der Waals surface area contributed by atoms with Gasteiger partial charge in [0.25, 0.3) is 5.91 Å². The maximum atomic E-state index is 12.0. The molecule has 3 rings (SSSR count). The van der Waals surface area contributed by atoms with E-state index in [2.05, 4.69) is 26.2 Å². The highest BCUT2D eigenvalue weighted by Gasteiger charge is 2.24. The minimum atomic E-state index is -0.119. The Hall–Kier alpha value is -1.79. The molecule has 21 heavy (non-hydrogen) atoms. The van der Waals surface area contributed by atoms with Crippen molar-refractivity contribution in [2.75, 3.05) is 0 Å². The van der Waals surface area contributed by atoms with Crippen LogP contribution in [0.15, 0.2) is 57.0 Å². The normalized spacial score (nSPS) is 18.5. The third kappa shape index (κ3) is 3.11. The molecule has 0 aliphatic carbocycles. The fraction of sp³-hybridized carbons (Fsp3) is 0.0667. The number of amidine groups is 1. The van der Waals surface area contributed by atoms with Crippen molar-refractivity contribution >= 4 is 50.5 Å². The van der Waals surface area contributed by atoms with Gasteiger partial charge >= 0.3 is 0 Å². The number of para-hydroxylation sites is 1. The first-order valence-corrected chi connectivity index (χ1v) is 7.90. The molecule has 1 aromatic heterocycles. The van der Waals surface area contributed by atoms with Crippen LogP contribution in [0.3, 0.4) is 0 Å². The molecule has 6 heteroatoms. The standard InChI is InChI=1S/C15H12BrN3OS/c1-19-8-4-5-10(19)9-13-14(20)18-15(21-13)17-12-7-3-2-6-11(12)16/h2-9H,1H3,(H,17,18,20)/b13-9+. The summed E-state index contributed by atoms with van der Waals surface area (Å²) in [5.74, 6) is -0.119. The number of rotatable bonds is 2. The summed E-state index contributed by atoms with van der Waals surface area (Å²) in [5.41, 5.74) is 1.77. The Balaban J connectivity index is 1.87. The van der Waals surface area contributed by atoms with Crippen molar-refractivity contribution in [2.24, 2.45) is 12.0 Å². The van der Waals surface area contributed by atoms with Crippen molar-refractivity contribution in [3.63, 3.8) is 0 Å². The predicted molar refractivity (Wildman–Crippen MR) is 90.4 cm³/mol. The van der Waals surface area contributed by atoms with Gasteiger partial charge in [0, 0.05) is 23.4 Å². The molecule has 106 valence electrons. The van der Waals surface area contributed by atoms with Crippen LogP contribution in [-0.2, 0) is 11.8 Å². The number of aliphatic imine (C=N–C) groups is 1. The lowest BCUT2D eigenvalue weighted by Crippen LogP contribution is -2.19. The Labute approximate surface area is 135 Å². The van der Waals surface area contributed by atoms with Crippen LogP contribution in [0.1, 0.15) is 5.69 Å². The van der Waals surface area contributed by atoms with Gasteiger partial charge in [0.1, 0.15) is 0 Å². The van der Waals surface area contributed by atoms with Crippen LogP contribution in [-0.4, -0.2) is 15.6 Å². The zero-order valence-corrected chi connectivity index (χ0v) is 13.6. The molecule has 1 N–H and O–H groups in total. The van der Waals surface area contributed by atoms with Crippen molar-refractivity contribution in [3.05, 3.63) is 57.7 Å². The maximum Gasteiger partial charge on any atom is 0.264 e. The topological polar surface area (TPSA) is 46.4 Å². The first kappa shape index (κ1) is 14.2. The second-order valence-corrected chi connectivity index (χ2v) is 6.36. The number of nitrogens with one attached hydrogen (secondary N) is 1. The monoisotopic (exact) mass is 361 g/mol. The van der Waals surface area contributed by atoms with Gasteiger partial charge in [-0.1, -0.05) is 12.1 Å². The fourth-order valence-electron chi connectivity index (χ4n) is 1.89. The second-order valence-electron chi connectivity index (χ2n) is 4.48. The summed E-state index contributed by atoms with van der Waals surface area (Å²) in [7, 11) is 1.94. The summed E-state index contributed by atoms with van der Waals surface area (Å²) < 4.78 is 2.86. The highest BCUT2D eigenvalue weighted by atomic mass is 79.9. The summed E-state index contributed by atoms with van der Waals surface area (Å²) in [6.07, 6.45) is 3.81. The molecular formula is C15H12BrN3OS. The van der Waals surface area contributed by atoms with Gasteiger partial charge in [-0.05, 0) is 58.0 Å². The molecule has 2 aromatic rings. The lowest BCUT2D eigenvalue weighted by Gasteiger charge is -1.98. The summed E-state index contributed by atoms with van der Waals surface area (Å²) in [4.78, 5) is 17.1.